The van der Waals surface area contributed by atoms with E-state index in [2.05, 4.69) is 20.9 Å². The Morgan fingerprint density at radius 2 is 1.96 bits per heavy atom. The zero-order valence-corrected chi connectivity index (χ0v) is 18.9. The summed E-state index contributed by atoms with van der Waals surface area (Å²) in [6, 6.07) is 4.32. The summed E-state index contributed by atoms with van der Waals surface area (Å²) in [6.07, 6.45) is 6.91. The Morgan fingerprint density at radius 1 is 1.26 bits per heavy atom. The number of nitrogens with one attached hydrogen (secondary N) is 3. The van der Waals surface area contributed by atoms with Gasteiger partial charge in [0.15, 0.2) is 5.96 Å². The lowest BCUT2D eigenvalue weighted by Gasteiger charge is -2.20. The van der Waals surface area contributed by atoms with Gasteiger partial charge >= 0.3 is 6.09 Å². The number of hydrogen-bond donors (Lipinski definition) is 3. The number of amides is 1. The van der Waals surface area contributed by atoms with Gasteiger partial charge in [-0.05, 0) is 45.7 Å². The van der Waals surface area contributed by atoms with Crippen LogP contribution in [0.5, 0.6) is 0 Å². The third-order valence-electron chi connectivity index (χ3n) is 3.99. The summed E-state index contributed by atoms with van der Waals surface area (Å²) in [4.78, 5) is 16.3. The number of carbonyl (C=O) groups is 1. The molecule has 1 aromatic heterocycles. The van der Waals surface area contributed by atoms with E-state index in [-0.39, 0.29) is 24.0 Å². The van der Waals surface area contributed by atoms with Crippen LogP contribution in [-0.2, 0) is 11.2 Å². The summed E-state index contributed by atoms with van der Waals surface area (Å²) < 4.78 is 10.6. The van der Waals surface area contributed by atoms with Crippen LogP contribution in [0.2, 0.25) is 0 Å². The Labute approximate surface area is 179 Å². The van der Waals surface area contributed by atoms with Crippen LogP contribution in [0.3, 0.4) is 0 Å². The van der Waals surface area contributed by atoms with Crippen molar-refractivity contribution in [3.05, 3.63) is 24.2 Å². The second-order valence-electron chi connectivity index (χ2n) is 7.54. The molecule has 0 saturated heterocycles. The van der Waals surface area contributed by atoms with Crippen LogP contribution in [0.25, 0.3) is 0 Å². The molecule has 0 unspecified atom stereocenters. The van der Waals surface area contributed by atoms with Crippen LogP contribution in [0.1, 0.15) is 52.2 Å². The van der Waals surface area contributed by atoms with Crippen LogP contribution >= 0.6 is 24.0 Å². The summed E-state index contributed by atoms with van der Waals surface area (Å²) in [7, 11) is 0. The average Bonchev–Trinajstić information content (AvgIpc) is 3.23. The first-order chi connectivity index (χ1) is 12.4. The lowest BCUT2D eigenvalue weighted by Crippen LogP contribution is -2.45. The summed E-state index contributed by atoms with van der Waals surface area (Å²) in [5, 5.41) is 9.51. The van der Waals surface area contributed by atoms with Crippen molar-refractivity contribution in [1.29, 1.82) is 0 Å². The molecule has 2 rings (SSSR count). The molecular weight excluding hydrogens is 459 g/mol. The molecule has 1 aliphatic rings. The van der Waals surface area contributed by atoms with E-state index in [0.717, 1.165) is 18.1 Å². The molecule has 0 atom stereocenters. The molecule has 7 nitrogen and oxygen atoms in total. The van der Waals surface area contributed by atoms with Gasteiger partial charge in [-0.1, -0.05) is 12.8 Å². The van der Waals surface area contributed by atoms with Gasteiger partial charge in [0, 0.05) is 32.1 Å². The summed E-state index contributed by atoms with van der Waals surface area (Å²) in [5.41, 5.74) is -0.486. The second-order valence-corrected chi connectivity index (χ2v) is 7.54. The number of guanidine groups is 1. The molecule has 3 N–H and O–H groups in total. The third kappa shape index (κ3) is 10.5. The van der Waals surface area contributed by atoms with E-state index < -0.39 is 11.7 Å². The monoisotopic (exact) mass is 492 g/mol. The predicted molar refractivity (Wildman–Crippen MR) is 118 cm³/mol. The SMILES string of the molecule is CC(C)(C)OC(=O)NCCNC(=NCCc1ccco1)NC1CCCC1.I. The maximum absolute atomic E-state index is 11.7. The number of rotatable bonds is 7. The highest BCUT2D eigenvalue weighted by atomic mass is 127. The number of carbonyl (C=O) groups excluding carboxylic acids is 1. The molecule has 1 fully saturated rings. The van der Waals surface area contributed by atoms with Gasteiger partial charge < -0.3 is 25.1 Å². The highest BCUT2D eigenvalue weighted by molar-refractivity contribution is 14.0. The standard InChI is InChI=1S/C19H32N4O3.HI/c1-19(2,3)26-18(24)22-13-12-21-17(23-15-7-4-5-8-15)20-11-10-16-9-6-14-25-16;/h6,9,14-15H,4-5,7-8,10-13H2,1-3H3,(H,22,24)(H2,20,21,23);1H. The molecule has 0 spiro atoms. The second kappa shape index (κ2) is 12.1. The Balaban J connectivity index is 0.00000364. The molecule has 1 aliphatic carbocycles. The Hall–Kier alpha value is -1.45. The molecule has 27 heavy (non-hydrogen) atoms. The van der Waals surface area contributed by atoms with Crippen molar-refractivity contribution in [3.8, 4) is 0 Å². The van der Waals surface area contributed by atoms with E-state index in [1.54, 1.807) is 6.26 Å². The van der Waals surface area contributed by atoms with Gasteiger partial charge in [-0.3, -0.25) is 4.99 Å². The van der Waals surface area contributed by atoms with Crippen LogP contribution < -0.4 is 16.0 Å². The highest BCUT2D eigenvalue weighted by Gasteiger charge is 2.17. The molecule has 1 heterocycles. The minimum Gasteiger partial charge on any atom is -0.469 e. The van der Waals surface area contributed by atoms with E-state index in [1.165, 1.54) is 25.7 Å². The molecule has 0 aromatic carbocycles. The topological polar surface area (TPSA) is 87.9 Å². The molecule has 8 heteroatoms. The molecule has 0 radical (unpaired) electrons. The maximum atomic E-state index is 11.7. The number of nitrogens with zero attached hydrogens (tertiary/aromatic N) is 1. The Morgan fingerprint density at radius 3 is 2.59 bits per heavy atom. The van der Waals surface area contributed by atoms with Gasteiger partial charge in [0.05, 0.1) is 6.26 Å². The smallest absolute Gasteiger partial charge is 0.407 e. The van der Waals surface area contributed by atoms with E-state index in [9.17, 15) is 4.79 Å². The van der Waals surface area contributed by atoms with Crippen molar-refractivity contribution in [1.82, 2.24) is 16.0 Å². The van der Waals surface area contributed by atoms with Gasteiger partial charge in [-0.25, -0.2) is 4.79 Å². The Kier molecular flexibility index (Phi) is 10.6. The highest BCUT2D eigenvalue weighted by Crippen LogP contribution is 2.17. The first-order valence-corrected chi connectivity index (χ1v) is 9.46. The van der Waals surface area contributed by atoms with Crippen molar-refractivity contribution in [3.63, 3.8) is 0 Å². The fraction of sp³-hybridized carbons (Fsp3) is 0.684. The van der Waals surface area contributed by atoms with Crippen molar-refractivity contribution < 1.29 is 13.9 Å². The molecule has 1 amide bonds. The van der Waals surface area contributed by atoms with Crippen molar-refractivity contribution in [2.24, 2.45) is 4.99 Å². The zero-order chi connectivity index (χ0) is 18.8. The number of aliphatic imine (C=N–C) groups is 1. The van der Waals surface area contributed by atoms with Crippen LogP contribution in [0, 0.1) is 0 Å². The molecule has 154 valence electrons. The molecular formula is C19H33IN4O3. The number of hydrogen-bond acceptors (Lipinski definition) is 4. The van der Waals surface area contributed by atoms with Gasteiger partial charge in [0.2, 0.25) is 0 Å². The Bertz CT molecular complexity index is 564. The van der Waals surface area contributed by atoms with Crippen molar-refractivity contribution in [2.45, 2.75) is 64.5 Å². The van der Waals surface area contributed by atoms with E-state index >= 15 is 0 Å². The fourth-order valence-corrected chi connectivity index (χ4v) is 2.81. The first kappa shape index (κ1) is 23.6. The predicted octanol–water partition coefficient (Wildman–Crippen LogP) is 3.44. The molecule has 1 saturated carbocycles. The molecule has 1 aromatic rings. The maximum Gasteiger partial charge on any atom is 0.407 e. The van der Waals surface area contributed by atoms with Gasteiger partial charge in [-0.15, -0.1) is 24.0 Å². The van der Waals surface area contributed by atoms with E-state index in [4.69, 9.17) is 9.15 Å². The number of halogens is 1. The summed E-state index contributed by atoms with van der Waals surface area (Å²) in [5.74, 6) is 1.72. The summed E-state index contributed by atoms with van der Waals surface area (Å²) in [6.45, 7) is 7.24. The molecule has 0 aliphatic heterocycles. The van der Waals surface area contributed by atoms with Crippen molar-refractivity contribution >= 4 is 36.0 Å². The minimum atomic E-state index is -0.486. The van der Waals surface area contributed by atoms with Crippen LogP contribution in [-0.4, -0.2) is 43.3 Å². The minimum absolute atomic E-state index is 0. The number of ether oxygens (including phenoxy) is 1. The number of alkyl carbamates (subject to hydrolysis) is 1. The lowest BCUT2D eigenvalue weighted by molar-refractivity contribution is 0.0529. The van der Waals surface area contributed by atoms with Gasteiger partial charge in [-0.2, -0.15) is 0 Å². The lowest BCUT2D eigenvalue weighted by atomic mass is 10.2. The van der Waals surface area contributed by atoms with Crippen LogP contribution in [0.4, 0.5) is 4.79 Å². The van der Waals surface area contributed by atoms with Gasteiger partial charge in [0.25, 0.3) is 0 Å². The average molecular weight is 492 g/mol. The third-order valence-corrected chi connectivity index (χ3v) is 3.99. The molecule has 0 bridgehead atoms. The largest absolute Gasteiger partial charge is 0.469 e. The van der Waals surface area contributed by atoms with Crippen LogP contribution in [0.15, 0.2) is 27.8 Å². The van der Waals surface area contributed by atoms with E-state index in [1.807, 2.05) is 32.9 Å². The quantitative estimate of drug-likeness (QED) is 0.235. The van der Waals surface area contributed by atoms with Crippen molar-refractivity contribution in [2.75, 3.05) is 19.6 Å². The zero-order valence-electron chi connectivity index (χ0n) is 16.5. The number of furan rings is 1. The normalized spacial score (nSPS) is 15.1. The van der Waals surface area contributed by atoms with E-state index in [0.29, 0.717) is 25.7 Å². The summed E-state index contributed by atoms with van der Waals surface area (Å²) >= 11 is 0. The fourth-order valence-electron chi connectivity index (χ4n) is 2.81. The first-order valence-electron chi connectivity index (χ1n) is 9.46. The van der Waals surface area contributed by atoms with Gasteiger partial charge in [0.1, 0.15) is 11.4 Å².